The number of rotatable bonds is 6. The first kappa shape index (κ1) is 16.4. The highest BCUT2D eigenvalue weighted by Gasteiger charge is 2.31. The molecule has 1 aromatic rings. The minimum atomic E-state index is -0.465. The zero-order valence-corrected chi connectivity index (χ0v) is 14.3. The van der Waals surface area contributed by atoms with Crippen molar-refractivity contribution in [3.05, 3.63) is 22.6 Å². The Hall–Kier alpha value is -1.01. The quantitative estimate of drug-likeness (QED) is 0.817. The third-order valence-corrected chi connectivity index (χ3v) is 3.65. The van der Waals surface area contributed by atoms with E-state index in [1.807, 2.05) is 32.9 Å². The Morgan fingerprint density at radius 1 is 1.48 bits per heavy atom. The maximum atomic E-state index is 11.7. The van der Waals surface area contributed by atoms with E-state index in [9.17, 15) is 4.79 Å². The van der Waals surface area contributed by atoms with Gasteiger partial charge in [0, 0.05) is 12.6 Å². The molecule has 2 N–H and O–H groups in total. The van der Waals surface area contributed by atoms with Gasteiger partial charge in [-0.3, -0.25) is 0 Å². The first-order chi connectivity index (χ1) is 9.83. The van der Waals surface area contributed by atoms with Crippen molar-refractivity contribution in [1.29, 1.82) is 0 Å². The molecule has 0 radical (unpaired) electrons. The van der Waals surface area contributed by atoms with Crippen molar-refractivity contribution in [3.63, 3.8) is 0 Å². The van der Waals surface area contributed by atoms with Crippen LogP contribution in [0.5, 0.6) is 0 Å². The first-order valence-corrected chi connectivity index (χ1v) is 8.07. The number of halogens is 1. The molecule has 1 saturated carbocycles. The smallest absolute Gasteiger partial charge is 0.407 e. The largest absolute Gasteiger partial charge is 0.453 e. The molecule has 1 amide bonds. The Morgan fingerprint density at radius 2 is 2.19 bits per heavy atom. The molecule has 1 aliphatic rings. The summed E-state index contributed by atoms with van der Waals surface area (Å²) in [7, 11) is 0. The fraction of sp³-hybridized carbons (Fsp3) is 0.667. The highest BCUT2D eigenvalue weighted by molar-refractivity contribution is 9.10. The summed E-state index contributed by atoms with van der Waals surface area (Å²) in [6, 6.07) is 4.06. The molecule has 1 aromatic heterocycles. The number of amides is 1. The molecule has 0 spiro atoms. The van der Waals surface area contributed by atoms with Crippen LogP contribution < -0.4 is 10.6 Å². The molecule has 21 heavy (non-hydrogen) atoms. The fourth-order valence-electron chi connectivity index (χ4n) is 2.09. The monoisotopic (exact) mass is 358 g/mol. The number of alkyl carbamates (subject to hydrolysis) is 1. The molecule has 2 rings (SSSR count). The summed E-state index contributed by atoms with van der Waals surface area (Å²) < 4.78 is 11.5. The van der Waals surface area contributed by atoms with Crippen LogP contribution in [0, 0.1) is 5.92 Å². The average molecular weight is 359 g/mol. The van der Waals surface area contributed by atoms with Crippen molar-refractivity contribution in [2.45, 2.75) is 51.8 Å². The van der Waals surface area contributed by atoms with Gasteiger partial charge < -0.3 is 19.8 Å². The maximum absolute atomic E-state index is 11.7. The highest BCUT2D eigenvalue weighted by atomic mass is 79.9. The Bertz CT molecular complexity index is 478. The summed E-state index contributed by atoms with van der Waals surface area (Å²) in [4.78, 5) is 11.7. The van der Waals surface area contributed by atoms with Crippen LogP contribution >= 0.6 is 15.9 Å². The number of ether oxygens (including phenoxy) is 1. The van der Waals surface area contributed by atoms with Crippen LogP contribution in [0.4, 0.5) is 4.79 Å². The molecule has 118 valence electrons. The van der Waals surface area contributed by atoms with Gasteiger partial charge in [0.05, 0.1) is 6.54 Å². The summed E-state index contributed by atoms with van der Waals surface area (Å²) in [6.07, 6.45) is 2.04. The minimum absolute atomic E-state index is 0.251. The van der Waals surface area contributed by atoms with Gasteiger partial charge in [-0.1, -0.05) is 0 Å². The lowest BCUT2D eigenvalue weighted by Gasteiger charge is -2.22. The third-order valence-electron chi connectivity index (χ3n) is 3.22. The number of carbonyl (C=O) groups is 1. The van der Waals surface area contributed by atoms with E-state index in [1.165, 1.54) is 12.8 Å². The van der Waals surface area contributed by atoms with E-state index in [0.29, 0.717) is 19.0 Å². The predicted molar refractivity (Wildman–Crippen MR) is 84.0 cm³/mol. The molecule has 0 bridgehead atoms. The van der Waals surface area contributed by atoms with Gasteiger partial charge in [-0.15, -0.1) is 0 Å². The normalized spacial score (nSPS) is 16.6. The van der Waals surface area contributed by atoms with Crippen LogP contribution in [-0.4, -0.2) is 24.3 Å². The van der Waals surface area contributed by atoms with Crippen molar-refractivity contribution < 1.29 is 13.9 Å². The van der Waals surface area contributed by atoms with Gasteiger partial charge in [0.1, 0.15) is 11.4 Å². The zero-order valence-electron chi connectivity index (χ0n) is 12.7. The molecule has 1 heterocycles. The highest BCUT2D eigenvalue weighted by Crippen LogP contribution is 2.32. The van der Waals surface area contributed by atoms with Crippen LogP contribution in [0.25, 0.3) is 0 Å². The molecule has 1 aliphatic carbocycles. The number of hydrogen-bond acceptors (Lipinski definition) is 4. The summed E-state index contributed by atoms with van der Waals surface area (Å²) in [6.45, 7) is 6.80. The van der Waals surface area contributed by atoms with E-state index < -0.39 is 5.60 Å². The van der Waals surface area contributed by atoms with E-state index in [4.69, 9.17) is 9.15 Å². The third kappa shape index (κ3) is 6.09. The van der Waals surface area contributed by atoms with Crippen molar-refractivity contribution in [2.75, 3.05) is 6.54 Å². The van der Waals surface area contributed by atoms with Gasteiger partial charge in [0.2, 0.25) is 0 Å². The first-order valence-electron chi connectivity index (χ1n) is 7.28. The van der Waals surface area contributed by atoms with Gasteiger partial charge in [-0.25, -0.2) is 4.79 Å². The number of nitrogens with one attached hydrogen (secondary N) is 2. The van der Waals surface area contributed by atoms with Crippen LogP contribution in [0.2, 0.25) is 0 Å². The fourth-order valence-corrected chi connectivity index (χ4v) is 2.43. The molecular formula is C15H23BrN2O3. The maximum Gasteiger partial charge on any atom is 0.407 e. The van der Waals surface area contributed by atoms with Gasteiger partial charge in [-0.05, 0) is 67.6 Å². The zero-order chi connectivity index (χ0) is 15.5. The molecule has 5 nitrogen and oxygen atoms in total. The summed E-state index contributed by atoms with van der Waals surface area (Å²) in [5.74, 6) is 1.50. The van der Waals surface area contributed by atoms with Crippen molar-refractivity contribution in [2.24, 2.45) is 5.92 Å². The SMILES string of the molecule is CC(C)(C)OC(=O)NCC(NCc1ccc(Br)o1)C1CC1. The summed E-state index contributed by atoms with van der Waals surface area (Å²) in [5.41, 5.74) is -0.465. The summed E-state index contributed by atoms with van der Waals surface area (Å²) >= 11 is 3.29. The van der Waals surface area contributed by atoms with Crippen LogP contribution in [0.3, 0.4) is 0 Å². The average Bonchev–Trinajstić information content (AvgIpc) is 3.10. The molecule has 6 heteroatoms. The minimum Gasteiger partial charge on any atom is -0.453 e. The number of furan rings is 1. The van der Waals surface area contributed by atoms with E-state index in [1.54, 1.807) is 0 Å². The lowest BCUT2D eigenvalue weighted by molar-refractivity contribution is 0.0521. The number of carbonyl (C=O) groups excluding carboxylic acids is 1. The van der Waals surface area contributed by atoms with Gasteiger partial charge in [0.25, 0.3) is 0 Å². The van der Waals surface area contributed by atoms with Crippen LogP contribution in [0.15, 0.2) is 21.2 Å². The second kappa shape index (κ2) is 6.83. The lowest BCUT2D eigenvalue weighted by Crippen LogP contribution is -2.43. The van der Waals surface area contributed by atoms with Crippen LogP contribution in [0.1, 0.15) is 39.4 Å². The second-order valence-electron chi connectivity index (χ2n) is 6.41. The second-order valence-corrected chi connectivity index (χ2v) is 7.20. The Kier molecular flexibility index (Phi) is 5.32. The van der Waals surface area contributed by atoms with Crippen molar-refractivity contribution in [1.82, 2.24) is 10.6 Å². The van der Waals surface area contributed by atoms with Gasteiger partial charge in [0.15, 0.2) is 4.67 Å². The molecule has 1 unspecified atom stereocenters. The number of hydrogen-bond donors (Lipinski definition) is 2. The molecule has 0 aromatic carbocycles. The molecule has 1 atom stereocenters. The molecule has 0 aliphatic heterocycles. The van der Waals surface area contributed by atoms with Crippen molar-refractivity contribution in [3.8, 4) is 0 Å². The van der Waals surface area contributed by atoms with E-state index >= 15 is 0 Å². The molecular weight excluding hydrogens is 336 g/mol. The van der Waals surface area contributed by atoms with E-state index in [0.717, 1.165) is 10.4 Å². The molecule has 0 saturated heterocycles. The van der Waals surface area contributed by atoms with Gasteiger partial charge in [-0.2, -0.15) is 0 Å². The Balaban J connectivity index is 1.76. The Labute approximate surface area is 133 Å². The Morgan fingerprint density at radius 3 is 2.71 bits per heavy atom. The van der Waals surface area contributed by atoms with Gasteiger partial charge >= 0.3 is 6.09 Å². The summed E-state index contributed by atoms with van der Waals surface area (Å²) in [5, 5.41) is 6.28. The van der Waals surface area contributed by atoms with Crippen molar-refractivity contribution >= 4 is 22.0 Å². The predicted octanol–water partition coefficient (Wildman–Crippen LogP) is 3.44. The molecule has 1 fully saturated rings. The standard InChI is InChI=1S/C15H23BrN2O3/c1-15(2,3)21-14(19)18-9-12(10-4-5-10)17-8-11-6-7-13(16)20-11/h6-7,10,12,17H,4-5,8-9H2,1-3H3,(H,18,19). The van der Waals surface area contributed by atoms with E-state index in [2.05, 4.69) is 26.6 Å². The lowest BCUT2D eigenvalue weighted by atomic mass is 10.2. The van der Waals surface area contributed by atoms with Crippen LogP contribution in [-0.2, 0) is 11.3 Å². The van der Waals surface area contributed by atoms with E-state index in [-0.39, 0.29) is 12.1 Å². The topological polar surface area (TPSA) is 63.5 Å².